The van der Waals surface area contributed by atoms with E-state index in [-0.39, 0.29) is 11.3 Å². The molecule has 2 N–H and O–H groups in total. The summed E-state index contributed by atoms with van der Waals surface area (Å²) >= 11 is 2.13. The van der Waals surface area contributed by atoms with Gasteiger partial charge in [-0.1, -0.05) is 0 Å². The number of carbonyl (C=O) groups is 1. The lowest BCUT2D eigenvalue weighted by molar-refractivity contribution is 0.102. The number of aromatic nitrogens is 1. The van der Waals surface area contributed by atoms with E-state index in [0.29, 0.717) is 11.6 Å². The predicted octanol–water partition coefficient (Wildman–Crippen LogP) is 2.65. The van der Waals surface area contributed by atoms with Gasteiger partial charge in [0.2, 0.25) is 0 Å². The number of anilines is 1. The molecule has 0 fully saturated rings. The summed E-state index contributed by atoms with van der Waals surface area (Å²) in [5, 5.41) is 12.4. The van der Waals surface area contributed by atoms with Crippen LogP contribution in [0, 0.1) is 3.57 Å². The average Bonchev–Trinajstić information content (AvgIpc) is 2.41. The highest BCUT2D eigenvalue weighted by atomic mass is 127. The van der Waals surface area contributed by atoms with Gasteiger partial charge in [-0.3, -0.25) is 4.79 Å². The number of methoxy groups -OCH3 is 1. The van der Waals surface area contributed by atoms with E-state index < -0.39 is 5.91 Å². The molecule has 1 heterocycles. The van der Waals surface area contributed by atoms with Crippen molar-refractivity contribution in [3.63, 3.8) is 0 Å². The summed E-state index contributed by atoms with van der Waals surface area (Å²) in [7, 11) is 1.49. The molecule has 2 aromatic rings. The van der Waals surface area contributed by atoms with Gasteiger partial charge in [-0.15, -0.1) is 0 Å². The third-order valence-electron chi connectivity index (χ3n) is 2.42. The Labute approximate surface area is 123 Å². The van der Waals surface area contributed by atoms with Crippen molar-refractivity contribution in [1.29, 1.82) is 0 Å². The van der Waals surface area contributed by atoms with Crippen LogP contribution in [0.5, 0.6) is 11.5 Å². The van der Waals surface area contributed by atoms with Crippen LogP contribution in [0.15, 0.2) is 36.5 Å². The van der Waals surface area contributed by atoms with Crippen LogP contribution in [0.2, 0.25) is 0 Å². The van der Waals surface area contributed by atoms with Crippen molar-refractivity contribution < 1.29 is 14.6 Å². The molecule has 19 heavy (non-hydrogen) atoms. The Morgan fingerprint density at radius 3 is 2.74 bits per heavy atom. The summed E-state index contributed by atoms with van der Waals surface area (Å²) in [4.78, 5) is 16.0. The summed E-state index contributed by atoms with van der Waals surface area (Å²) < 4.78 is 5.93. The average molecular weight is 370 g/mol. The fourth-order valence-corrected chi connectivity index (χ4v) is 1.78. The van der Waals surface area contributed by atoms with Crippen molar-refractivity contribution in [2.45, 2.75) is 0 Å². The van der Waals surface area contributed by atoms with E-state index in [1.54, 1.807) is 18.3 Å². The second kappa shape index (κ2) is 5.87. The molecular formula is C13H11IN2O3. The number of hydrogen-bond donors (Lipinski definition) is 2. The largest absolute Gasteiger partial charge is 0.507 e. The van der Waals surface area contributed by atoms with Crippen LogP contribution in [-0.2, 0) is 0 Å². The van der Waals surface area contributed by atoms with Gasteiger partial charge in [0.05, 0.1) is 12.7 Å². The number of rotatable bonds is 3. The molecule has 0 atom stereocenters. The lowest BCUT2D eigenvalue weighted by atomic mass is 10.2. The molecule has 0 aliphatic rings. The number of pyridine rings is 1. The topological polar surface area (TPSA) is 71.5 Å². The highest BCUT2D eigenvalue weighted by Crippen LogP contribution is 2.24. The summed E-state index contributed by atoms with van der Waals surface area (Å²) in [6, 6.07) is 8.01. The van der Waals surface area contributed by atoms with Gasteiger partial charge in [0.15, 0.2) is 0 Å². The zero-order chi connectivity index (χ0) is 13.8. The van der Waals surface area contributed by atoms with Gasteiger partial charge in [-0.05, 0) is 46.9 Å². The monoisotopic (exact) mass is 370 g/mol. The van der Waals surface area contributed by atoms with E-state index in [2.05, 4.69) is 32.9 Å². The van der Waals surface area contributed by atoms with Crippen LogP contribution < -0.4 is 10.1 Å². The van der Waals surface area contributed by atoms with Crippen molar-refractivity contribution in [3.8, 4) is 11.5 Å². The third-order valence-corrected chi connectivity index (χ3v) is 3.06. The lowest BCUT2D eigenvalue weighted by Gasteiger charge is -2.07. The van der Waals surface area contributed by atoms with E-state index in [1.165, 1.54) is 19.2 Å². The van der Waals surface area contributed by atoms with Gasteiger partial charge in [0.25, 0.3) is 5.91 Å². The van der Waals surface area contributed by atoms with Gasteiger partial charge in [-0.25, -0.2) is 4.98 Å². The molecular weight excluding hydrogens is 359 g/mol. The molecule has 98 valence electrons. The molecule has 1 aromatic carbocycles. The van der Waals surface area contributed by atoms with Crippen molar-refractivity contribution >= 4 is 34.3 Å². The van der Waals surface area contributed by atoms with Crippen LogP contribution in [-0.4, -0.2) is 23.1 Å². The number of aromatic hydroxyl groups is 1. The zero-order valence-electron chi connectivity index (χ0n) is 10.1. The summed E-state index contributed by atoms with van der Waals surface area (Å²) in [5.41, 5.74) is 0.168. The quantitative estimate of drug-likeness (QED) is 0.815. The van der Waals surface area contributed by atoms with Gasteiger partial charge in [0.1, 0.15) is 17.3 Å². The molecule has 2 rings (SSSR count). The van der Waals surface area contributed by atoms with E-state index in [0.717, 1.165) is 3.57 Å². The van der Waals surface area contributed by atoms with Crippen molar-refractivity contribution in [2.75, 3.05) is 12.4 Å². The number of halogens is 1. The van der Waals surface area contributed by atoms with Crippen molar-refractivity contribution in [3.05, 3.63) is 45.7 Å². The number of ether oxygens (including phenoxy) is 1. The molecule has 1 aromatic heterocycles. The highest BCUT2D eigenvalue weighted by molar-refractivity contribution is 14.1. The number of nitrogens with one attached hydrogen (secondary N) is 1. The maximum absolute atomic E-state index is 12.0. The molecule has 0 bridgehead atoms. The minimum Gasteiger partial charge on any atom is -0.507 e. The molecule has 0 aliphatic heterocycles. The molecule has 0 spiro atoms. The number of amides is 1. The molecule has 0 unspecified atom stereocenters. The number of carbonyl (C=O) groups excluding carboxylic acids is 1. The van der Waals surface area contributed by atoms with Crippen LogP contribution in [0.4, 0.5) is 5.82 Å². The summed E-state index contributed by atoms with van der Waals surface area (Å²) in [5.74, 6) is 0.360. The molecule has 0 saturated heterocycles. The Morgan fingerprint density at radius 1 is 1.37 bits per heavy atom. The Hall–Kier alpha value is -1.83. The first-order valence-corrected chi connectivity index (χ1v) is 6.48. The van der Waals surface area contributed by atoms with E-state index in [1.807, 2.05) is 6.07 Å². The van der Waals surface area contributed by atoms with Crippen molar-refractivity contribution in [1.82, 2.24) is 4.98 Å². The summed E-state index contributed by atoms with van der Waals surface area (Å²) in [6.07, 6.45) is 1.64. The number of benzene rings is 1. The van der Waals surface area contributed by atoms with Gasteiger partial charge in [0, 0.05) is 15.8 Å². The highest BCUT2D eigenvalue weighted by Gasteiger charge is 2.12. The first-order chi connectivity index (χ1) is 9.10. The first kappa shape index (κ1) is 13.6. The van der Waals surface area contributed by atoms with Crippen LogP contribution in [0.3, 0.4) is 0 Å². The Balaban J connectivity index is 2.18. The SMILES string of the molecule is COc1ccc(C(=O)Nc2ccc(I)cn2)c(O)c1. The lowest BCUT2D eigenvalue weighted by Crippen LogP contribution is -2.13. The van der Waals surface area contributed by atoms with Gasteiger partial charge < -0.3 is 15.2 Å². The number of phenolic OH excluding ortho intramolecular Hbond substituents is 1. The Morgan fingerprint density at radius 2 is 2.16 bits per heavy atom. The van der Waals surface area contributed by atoms with Gasteiger partial charge >= 0.3 is 0 Å². The minimum atomic E-state index is -0.422. The molecule has 0 radical (unpaired) electrons. The molecule has 5 nitrogen and oxygen atoms in total. The van der Waals surface area contributed by atoms with Crippen LogP contribution in [0.25, 0.3) is 0 Å². The molecule has 0 saturated carbocycles. The third kappa shape index (κ3) is 3.34. The number of hydrogen-bond acceptors (Lipinski definition) is 4. The second-order valence-corrected chi connectivity index (χ2v) is 4.94. The number of phenols is 1. The smallest absolute Gasteiger partial charge is 0.260 e. The fourth-order valence-electron chi connectivity index (χ4n) is 1.46. The normalized spacial score (nSPS) is 10.0. The number of nitrogens with zero attached hydrogens (tertiary/aromatic N) is 1. The molecule has 6 heteroatoms. The standard InChI is InChI=1S/C13H11IN2O3/c1-19-9-3-4-10(11(17)6-9)13(18)16-12-5-2-8(14)7-15-12/h2-7,17H,1H3,(H,15,16,18). The first-order valence-electron chi connectivity index (χ1n) is 5.40. The van der Waals surface area contributed by atoms with Crippen LogP contribution >= 0.6 is 22.6 Å². The van der Waals surface area contributed by atoms with Crippen molar-refractivity contribution in [2.24, 2.45) is 0 Å². The minimum absolute atomic E-state index is 0.137. The zero-order valence-corrected chi connectivity index (χ0v) is 12.2. The maximum Gasteiger partial charge on any atom is 0.260 e. The van der Waals surface area contributed by atoms with E-state index in [4.69, 9.17) is 4.74 Å². The molecule has 1 amide bonds. The van der Waals surface area contributed by atoms with E-state index >= 15 is 0 Å². The second-order valence-electron chi connectivity index (χ2n) is 3.70. The molecule has 0 aliphatic carbocycles. The summed E-state index contributed by atoms with van der Waals surface area (Å²) in [6.45, 7) is 0. The fraction of sp³-hybridized carbons (Fsp3) is 0.0769. The maximum atomic E-state index is 12.0. The van der Waals surface area contributed by atoms with E-state index in [9.17, 15) is 9.90 Å². The van der Waals surface area contributed by atoms with Gasteiger partial charge in [-0.2, -0.15) is 0 Å². The predicted molar refractivity (Wildman–Crippen MR) is 79.6 cm³/mol. The Bertz CT molecular complexity index is 599. The Kier molecular flexibility index (Phi) is 4.20. The van der Waals surface area contributed by atoms with Crippen LogP contribution in [0.1, 0.15) is 10.4 Å².